The average molecular weight is 345 g/mol. The molecule has 120 valence electrons. The van der Waals surface area contributed by atoms with Crippen LogP contribution in [0.3, 0.4) is 0 Å². The first-order chi connectivity index (χ1) is 8.66. The lowest BCUT2D eigenvalue weighted by Gasteiger charge is -2.36. The third kappa shape index (κ3) is 2.82. The number of allylic oxidation sites excluding steroid dienone is 1. The molecule has 0 rings (SSSR count). The third-order valence-corrected chi connectivity index (χ3v) is 2.48. The Balaban J connectivity index is 5.91. The summed E-state index contributed by atoms with van der Waals surface area (Å²) >= 11 is 4.07. The van der Waals surface area contributed by atoms with Crippen molar-refractivity contribution >= 4 is 11.6 Å². The standard InChI is InChI=1S/C8H4ClF11/c9-3(4(11)12)6(15,16)8(19,20)7(17,18)5(13,14)1-2-10/h1-2H2. The Morgan fingerprint density at radius 2 is 1.20 bits per heavy atom. The summed E-state index contributed by atoms with van der Waals surface area (Å²) in [4.78, 5) is 0. The third-order valence-electron chi connectivity index (χ3n) is 2.10. The van der Waals surface area contributed by atoms with Crippen molar-refractivity contribution in [2.75, 3.05) is 6.67 Å². The normalized spacial score (nSPS) is 14.4. The maximum Gasteiger partial charge on any atom is 0.383 e. The van der Waals surface area contributed by atoms with E-state index in [1.165, 1.54) is 0 Å². The molecule has 0 atom stereocenters. The SMILES string of the molecule is FCCC(F)(F)C(F)(F)C(F)(F)C(F)(F)C(Cl)=C(F)F. The van der Waals surface area contributed by atoms with Crippen LogP contribution in [0, 0.1) is 0 Å². The predicted octanol–water partition coefficient (Wildman–Crippen LogP) is 5.23. The van der Waals surface area contributed by atoms with E-state index in [1.54, 1.807) is 0 Å². The van der Waals surface area contributed by atoms with Crippen molar-refractivity contribution < 1.29 is 48.3 Å². The summed E-state index contributed by atoms with van der Waals surface area (Å²) in [7, 11) is 0. The summed E-state index contributed by atoms with van der Waals surface area (Å²) in [5.41, 5.74) is 0. The molecule has 0 aliphatic heterocycles. The highest BCUT2D eigenvalue weighted by molar-refractivity contribution is 6.30. The quantitative estimate of drug-likeness (QED) is 0.579. The second kappa shape index (κ2) is 5.57. The second-order valence-corrected chi connectivity index (χ2v) is 3.82. The van der Waals surface area contributed by atoms with Gasteiger partial charge in [0.25, 0.3) is 6.08 Å². The number of rotatable bonds is 6. The topological polar surface area (TPSA) is 0 Å². The summed E-state index contributed by atoms with van der Waals surface area (Å²) < 4.78 is 137. The van der Waals surface area contributed by atoms with Crippen molar-refractivity contribution in [3.05, 3.63) is 11.1 Å². The largest absolute Gasteiger partial charge is 0.383 e. The minimum absolute atomic E-state index is 2.23. The Kier molecular flexibility index (Phi) is 5.36. The fourth-order valence-corrected chi connectivity index (χ4v) is 1.08. The molecule has 0 amide bonds. The molecule has 0 fully saturated rings. The molecule has 12 heteroatoms. The molecule has 0 bridgehead atoms. The lowest BCUT2D eigenvalue weighted by atomic mass is 9.96. The smallest absolute Gasteiger partial charge is 0.251 e. The Morgan fingerprint density at radius 1 is 0.800 bits per heavy atom. The Hall–Kier alpha value is -0.740. The van der Waals surface area contributed by atoms with Crippen molar-refractivity contribution in [2.24, 2.45) is 0 Å². The zero-order valence-electron chi connectivity index (χ0n) is 8.95. The minimum atomic E-state index is -6.97. The van der Waals surface area contributed by atoms with Gasteiger partial charge in [-0.3, -0.25) is 4.39 Å². The Labute approximate surface area is 109 Å². The molecule has 0 aliphatic rings. The summed E-state index contributed by atoms with van der Waals surface area (Å²) in [5, 5.41) is -3.31. The summed E-state index contributed by atoms with van der Waals surface area (Å²) in [6, 6.07) is 0. The molecule has 0 N–H and O–H groups in total. The first-order valence-electron chi connectivity index (χ1n) is 4.45. The fraction of sp³-hybridized carbons (Fsp3) is 0.750. The summed E-state index contributed by atoms with van der Waals surface area (Å²) in [6.07, 6.45) is -6.16. The van der Waals surface area contributed by atoms with Gasteiger partial charge in [0, 0.05) is 6.42 Å². The van der Waals surface area contributed by atoms with Crippen molar-refractivity contribution in [3.8, 4) is 0 Å². The van der Waals surface area contributed by atoms with Gasteiger partial charge in [-0.15, -0.1) is 0 Å². The number of halogens is 12. The van der Waals surface area contributed by atoms with Gasteiger partial charge in [0.2, 0.25) is 0 Å². The first kappa shape index (κ1) is 19.3. The molecular formula is C8H4ClF11. The van der Waals surface area contributed by atoms with Crippen LogP contribution in [0.1, 0.15) is 6.42 Å². The molecule has 0 spiro atoms. The van der Waals surface area contributed by atoms with Crippen LogP contribution in [-0.4, -0.2) is 30.4 Å². The summed E-state index contributed by atoms with van der Waals surface area (Å²) in [5.74, 6) is -26.2. The van der Waals surface area contributed by atoms with E-state index in [1.807, 2.05) is 0 Å². The van der Waals surface area contributed by atoms with Gasteiger partial charge in [0.15, 0.2) is 5.03 Å². The highest BCUT2D eigenvalue weighted by atomic mass is 35.5. The second-order valence-electron chi connectivity index (χ2n) is 3.44. The van der Waals surface area contributed by atoms with Gasteiger partial charge in [-0.25, -0.2) is 0 Å². The van der Waals surface area contributed by atoms with Crippen LogP contribution in [0.4, 0.5) is 48.3 Å². The zero-order valence-corrected chi connectivity index (χ0v) is 9.71. The highest BCUT2D eigenvalue weighted by Crippen LogP contribution is 2.56. The predicted molar refractivity (Wildman–Crippen MR) is 45.5 cm³/mol. The van der Waals surface area contributed by atoms with E-state index in [0.29, 0.717) is 0 Å². The van der Waals surface area contributed by atoms with Crippen molar-refractivity contribution in [2.45, 2.75) is 30.1 Å². The zero-order chi connectivity index (χ0) is 16.6. The average Bonchev–Trinajstić information content (AvgIpc) is 2.26. The van der Waals surface area contributed by atoms with E-state index in [0.717, 1.165) is 0 Å². The molecule has 0 aromatic carbocycles. The van der Waals surface area contributed by atoms with Crippen LogP contribution in [0.15, 0.2) is 11.1 Å². The molecule has 0 aromatic heterocycles. The van der Waals surface area contributed by atoms with Crippen LogP contribution in [0.2, 0.25) is 0 Å². The van der Waals surface area contributed by atoms with Gasteiger partial charge in [-0.1, -0.05) is 11.6 Å². The molecule has 0 heterocycles. The molecule has 20 heavy (non-hydrogen) atoms. The van der Waals surface area contributed by atoms with Gasteiger partial charge < -0.3 is 0 Å². The van der Waals surface area contributed by atoms with Gasteiger partial charge in [-0.05, 0) is 0 Å². The van der Waals surface area contributed by atoms with Crippen LogP contribution in [0.25, 0.3) is 0 Å². The minimum Gasteiger partial charge on any atom is -0.251 e. The van der Waals surface area contributed by atoms with E-state index in [9.17, 15) is 48.3 Å². The number of hydrogen-bond donors (Lipinski definition) is 0. The monoisotopic (exact) mass is 344 g/mol. The van der Waals surface area contributed by atoms with Crippen molar-refractivity contribution in [3.63, 3.8) is 0 Å². The Bertz CT molecular complexity index is 382. The lowest BCUT2D eigenvalue weighted by Crippen LogP contribution is -2.62. The van der Waals surface area contributed by atoms with Crippen LogP contribution in [0.5, 0.6) is 0 Å². The van der Waals surface area contributed by atoms with Crippen LogP contribution in [-0.2, 0) is 0 Å². The van der Waals surface area contributed by atoms with Gasteiger partial charge in [0.05, 0.1) is 6.67 Å². The van der Waals surface area contributed by atoms with Crippen LogP contribution >= 0.6 is 11.6 Å². The fourth-order valence-electron chi connectivity index (χ4n) is 0.959. The van der Waals surface area contributed by atoms with E-state index in [2.05, 4.69) is 11.6 Å². The Morgan fingerprint density at radius 3 is 1.50 bits per heavy atom. The molecule has 0 saturated carbocycles. The van der Waals surface area contributed by atoms with E-state index >= 15 is 0 Å². The highest BCUT2D eigenvalue weighted by Gasteiger charge is 2.81. The molecule has 0 radical (unpaired) electrons. The van der Waals surface area contributed by atoms with E-state index < -0.39 is 47.9 Å². The van der Waals surface area contributed by atoms with Gasteiger partial charge >= 0.3 is 23.7 Å². The molecule has 0 nitrogen and oxygen atoms in total. The van der Waals surface area contributed by atoms with E-state index in [4.69, 9.17) is 0 Å². The molecule has 0 aromatic rings. The molecule has 0 unspecified atom stereocenters. The number of hydrogen-bond acceptors (Lipinski definition) is 0. The molecule has 0 saturated heterocycles. The maximum atomic E-state index is 12.9. The lowest BCUT2D eigenvalue weighted by molar-refractivity contribution is -0.358. The molecule has 0 aliphatic carbocycles. The maximum absolute atomic E-state index is 12.9. The molecular weight excluding hydrogens is 341 g/mol. The van der Waals surface area contributed by atoms with Crippen molar-refractivity contribution in [1.82, 2.24) is 0 Å². The van der Waals surface area contributed by atoms with E-state index in [-0.39, 0.29) is 0 Å². The summed E-state index contributed by atoms with van der Waals surface area (Å²) in [6.45, 7) is -2.23. The van der Waals surface area contributed by atoms with Crippen molar-refractivity contribution in [1.29, 1.82) is 0 Å². The van der Waals surface area contributed by atoms with Gasteiger partial charge in [0.1, 0.15) is 0 Å². The van der Waals surface area contributed by atoms with Crippen LogP contribution < -0.4 is 0 Å². The first-order valence-corrected chi connectivity index (χ1v) is 4.83. The van der Waals surface area contributed by atoms with Gasteiger partial charge in [-0.2, -0.15) is 43.9 Å². The number of alkyl halides is 9.